The van der Waals surface area contributed by atoms with Crippen LogP contribution in [-0.4, -0.2) is 36.5 Å². The number of halogens is 1. The van der Waals surface area contributed by atoms with Gasteiger partial charge in [0.25, 0.3) is 10.0 Å². The van der Waals surface area contributed by atoms with Crippen LogP contribution in [0.4, 0.5) is 10.7 Å². The van der Waals surface area contributed by atoms with Gasteiger partial charge in [0.2, 0.25) is 5.95 Å². The fraction of sp³-hybridized carbons (Fsp3) is 0.167. The highest BCUT2D eigenvalue weighted by Gasteiger charge is 2.24. The van der Waals surface area contributed by atoms with Gasteiger partial charge in [-0.15, -0.1) is 0 Å². The Morgan fingerprint density at radius 3 is 2.48 bits per heavy atom. The number of aryl methyl sites for hydroxylation is 1. The lowest BCUT2D eigenvalue weighted by molar-refractivity contribution is 0.254. The lowest BCUT2D eigenvalue weighted by atomic mass is 10.4. The average molecular weight is 449 g/mol. The smallest absolute Gasteiger partial charge is 0.347 e. The number of methoxy groups -OCH3 is 1. The standard InChI is InChI=1S/C12H12IN5O4S/c1-8-14-10(16-11(15-8)22-2)18(13)12(19)17-23(20,21)9-6-4-3-5-7-9/h3-7H,1-2H3,(H,17,19). The Kier molecular flexibility index (Phi) is 5.30. The van der Waals surface area contributed by atoms with E-state index in [9.17, 15) is 13.2 Å². The second-order valence-electron chi connectivity index (χ2n) is 4.17. The topological polar surface area (TPSA) is 114 Å². The highest BCUT2D eigenvalue weighted by atomic mass is 127. The van der Waals surface area contributed by atoms with E-state index in [0.29, 0.717) is 5.82 Å². The molecular formula is C12H12IN5O4S. The van der Waals surface area contributed by atoms with Crippen molar-refractivity contribution >= 4 is 44.9 Å². The summed E-state index contributed by atoms with van der Waals surface area (Å²) < 4.78 is 32.0. The second-order valence-corrected chi connectivity index (χ2v) is 6.82. The van der Waals surface area contributed by atoms with Crippen molar-refractivity contribution in [1.82, 2.24) is 19.7 Å². The number of carbonyl (C=O) groups excluding carboxylic acids is 1. The third-order valence-corrected chi connectivity index (χ3v) is 4.73. The molecule has 0 aliphatic rings. The number of rotatable bonds is 4. The first-order chi connectivity index (χ1) is 10.8. The van der Waals surface area contributed by atoms with E-state index in [1.807, 2.05) is 4.72 Å². The van der Waals surface area contributed by atoms with Gasteiger partial charge < -0.3 is 4.74 Å². The number of ether oxygens (including phenoxy) is 1. The Morgan fingerprint density at radius 1 is 1.22 bits per heavy atom. The third-order valence-electron chi connectivity index (χ3n) is 2.53. The zero-order valence-corrected chi connectivity index (χ0v) is 15.1. The van der Waals surface area contributed by atoms with E-state index in [-0.39, 0.29) is 16.9 Å². The monoisotopic (exact) mass is 449 g/mol. The molecule has 0 atom stereocenters. The molecule has 0 bridgehead atoms. The Bertz CT molecular complexity index is 815. The van der Waals surface area contributed by atoms with Crippen LogP contribution in [0.25, 0.3) is 0 Å². The number of nitrogens with one attached hydrogen (secondary N) is 1. The highest BCUT2D eigenvalue weighted by Crippen LogP contribution is 2.17. The molecule has 2 aromatic rings. The van der Waals surface area contributed by atoms with Gasteiger partial charge in [-0.2, -0.15) is 18.1 Å². The van der Waals surface area contributed by atoms with Crippen LogP contribution in [0.15, 0.2) is 35.2 Å². The lowest BCUT2D eigenvalue weighted by Gasteiger charge is -2.14. The summed E-state index contributed by atoms with van der Waals surface area (Å²) in [5.74, 6) is 0.281. The van der Waals surface area contributed by atoms with E-state index >= 15 is 0 Å². The Balaban J connectivity index is 2.22. The number of hydrogen-bond acceptors (Lipinski definition) is 7. The van der Waals surface area contributed by atoms with Crippen molar-refractivity contribution in [2.45, 2.75) is 11.8 Å². The van der Waals surface area contributed by atoms with Crippen LogP contribution in [0.2, 0.25) is 0 Å². The largest absolute Gasteiger partial charge is 0.467 e. The predicted molar refractivity (Wildman–Crippen MR) is 89.8 cm³/mol. The molecule has 122 valence electrons. The van der Waals surface area contributed by atoms with E-state index in [2.05, 4.69) is 15.0 Å². The maximum Gasteiger partial charge on any atom is 0.347 e. The first kappa shape index (κ1) is 17.3. The van der Waals surface area contributed by atoms with Crippen LogP contribution >= 0.6 is 22.9 Å². The van der Waals surface area contributed by atoms with Crippen molar-refractivity contribution in [3.63, 3.8) is 0 Å². The van der Waals surface area contributed by atoms with Crippen LogP contribution in [0.3, 0.4) is 0 Å². The molecule has 2 amide bonds. The second kappa shape index (κ2) is 7.04. The number of hydrogen-bond donors (Lipinski definition) is 1. The minimum Gasteiger partial charge on any atom is -0.467 e. The summed E-state index contributed by atoms with van der Waals surface area (Å²) in [4.78, 5) is 23.9. The number of urea groups is 1. The van der Waals surface area contributed by atoms with Crippen molar-refractivity contribution in [1.29, 1.82) is 0 Å². The van der Waals surface area contributed by atoms with E-state index in [0.717, 1.165) is 3.11 Å². The van der Waals surface area contributed by atoms with Crippen molar-refractivity contribution in [3.05, 3.63) is 36.2 Å². The molecule has 0 saturated heterocycles. The quantitative estimate of drug-likeness (QED) is 0.555. The minimum atomic E-state index is -3.99. The number of nitrogens with zero attached hydrogens (tertiary/aromatic N) is 4. The van der Waals surface area contributed by atoms with Gasteiger partial charge in [0, 0.05) is 0 Å². The Morgan fingerprint density at radius 2 is 1.87 bits per heavy atom. The SMILES string of the molecule is COc1nc(C)nc(N(I)C(=O)NS(=O)(=O)c2ccccc2)n1. The predicted octanol–water partition coefficient (Wildman–Crippen LogP) is 1.44. The average Bonchev–Trinajstić information content (AvgIpc) is 2.53. The minimum absolute atomic E-state index is 0.0212. The van der Waals surface area contributed by atoms with Crippen LogP contribution in [0.5, 0.6) is 6.01 Å². The summed E-state index contributed by atoms with van der Waals surface area (Å²) in [6.45, 7) is 1.59. The Labute approximate surface area is 146 Å². The van der Waals surface area contributed by atoms with Gasteiger partial charge in [-0.25, -0.2) is 17.9 Å². The van der Waals surface area contributed by atoms with Crippen LogP contribution in [0, 0.1) is 6.92 Å². The maximum atomic E-state index is 12.1. The summed E-state index contributed by atoms with van der Waals surface area (Å²) in [5.41, 5.74) is 0. The molecule has 1 aromatic heterocycles. The summed E-state index contributed by atoms with van der Waals surface area (Å²) in [5, 5.41) is 0. The molecular weight excluding hydrogens is 437 g/mol. The van der Waals surface area contributed by atoms with Crippen LogP contribution in [-0.2, 0) is 10.0 Å². The molecule has 1 aromatic carbocycles. The fourth-order valence-electron chi connectivity index (χ4n) is 1.53. The van der Waals surface area contributed by atoms with E-state index in [4.69, 9.17) is 4.74 Å². The molecule has 0 unspecified atom stereocenters. The molecule has 9 nitrogen and oxygen atoms in total. The fourth-order valence-corrected chi connectivity index (χ4v) is 2.98. The van der Waals surface area contributed by atoms with Gasteiger partial charge in [-0.3, -0.25) is 0 Å². The summed E-state index contributed by atoms with van der Waals surface area (Å²) in [6, 6.07) is 6.65. The number of carbonyl (C=O) groups is 1. The van der Waals surface area contributed by atoms with E-state index in [1.165, 1.54) is 19.2 Å². The normalized spacial score (nSPS) is 10.9. The summed E-state index contributed by atoms with van der Waals surface area (Å²) in [6.07, 6.45) is 0. The van der Waals surface area contributed by atoms with Crippen molar-refractivity contribution < 1.29 is 17.9 Å². The molecule has 0 aliphatic heterocycles. The lowest BCUT2D eigenvalue weighted by Crippen LogP contribution is -2.38. The van der Waals surface area contributed by atoms with E-state index < -0.39 is 16.1 Å². The molecule has 2 rings (SSSR count). The molecule has 1 heterocycles. The molecule has 23 heavy (non-hydrogen) atoms. The van der Waals surface area contributed by atoms with E-state index in [1.54, 1.807) is 48.0 Å². The van der Waals surface area contributed by atoms with Gasteiger partial charge in [-0.05, 0) is 19.1 Å². The molecule has 0 fully saturated rings. The van der Waals surface area contributed by atoms with Crippen LogP contribution in [0.1, 0.15) is 5.82 Å². The van der Waals surface area contributed by atoms with Gasteiger partial charge in [0.1, 0.15) is 5.82 Å². The number of aromatic nitrogens is 3. The number of benzene rings is 1. The molecule has 0 radical (unpaired) electrons. The van der Waals surface area contributed by atoms with Gasteiger partial charge in [0.05, 0.1) is 34.9 Å². The first-order valence-electron chi connectivity index (χ1n) is 6.18. The number of sulfonamides is 1. The maximum absolute atomic E-state index is 12.1. The molecule has 1 N–H and O–H groups in total. The van der Waals surface area contributed by atoms with Crippen molar-refractivity contribution in [2.24, 2.45) is 0 Å². The highest BCUT2D eigenvalue weighted by molar-refractivity contribution is 14.1. The number of anilines is 1. The zero-order valence-electron chi connectivity index (χ0n) is 12.1. The third kappa shape index (κ3) is 4.25. The van der Waals surface area contributed by atoms with Gasteiger partial charge >= 0.3 is 12.0 Å². The molecule has 0 spiro atoms. The number of amides is 2. The summed E-state index contributed by atoms with van der Waals surface area (Å²) >= 11 is 1.59. The molecule has 11 heteroatoms. The molecule has 0 saturated carbocycles. The summed E-state index contributed by atoms with van der Waals surface area (Å²) in [7, 11) is -2.62. The zero-order chi connectivity index (χ0) is 17.0. The first-order valence-corrected chi connectivity index (χ1v) is 8.62. The van der Waals surface area contributed by atoms with Crippen molar-refractivity contribution in [2.75, 3.05) is 10.2 Å². The van der Waals surface area contributed by atoms with Gasteiger partial charge in [-0.1, -0.05) is 18.2 Å². The van der Waals surface area contributed by atoms with Crippen LogP contribution < -0.4 is 12.6 Å². The van der Waals surface area contributed by atoms with Gasteiger partial charge in [0.15, 0.2) is 0 Å². The molecule has 0 aliphatic carbocycles. The Hall–Kier alpha value is -2.02. The van der Waals surface area contributed by atoms with Crippen molar-refractivity contribution in [3.8, 4) is 6.01 Å².